The smallest absolute Gasteiger partial charge is 0.250 e. The number of piperidine rings is 4. The number of aromatic nitrogens is 1. The molecule has 0 aliphatic carbocycles. The number of hydrogen-bond acceptors (Lipinski definition) is 2. The quantitative estimate of drug-likeness (QED) is 0.352. The highest BCUT2D eigenvalue weighted by Gasteiger charge is 2.51. The van der Waals surface area contributed by atoms with Crippen molar-refractivity contribution in [1.29, 1.82) is 0 Å². The van der Waals surface area contributed by atoms with E-state index in [9.17, 15) is 4.79 Å². The molecule has 4 aliphatic heterocycles. The molecule has 0 N–H and O–H groups in total. The van der Waals surface area contributed by atoms with E-state index in [0.29, 0.717) is 23.8 Å². The zero-order valence-corrected chi connectivity index (χ0v) is 23.9. The summed E-state index contributed by atoms with van der Waals surface area (Å²) in [5.74, 6) is 1.65. The molecule has 3 aromatic rings. The van der Waals surface area contributed by atoms with Crippen molar-refractivity contribution in [2.24, 2.45) is 11.8 Å². The summed E-state index contributed by atoms with van der Waals surface area (Å²) in [5, 5.41) is 1.24. The van der Waals surface area contributed by atoms with Gasteiger partial charge in [0.15, 0.2) is 0 Å². The van der Waals surface area contributed by atoms with E-state index in [2.05, 4.69) is 95.9 Å². The van der Waals surface area contributed by atoms with Crippen LogP contribution in [0.3, 0.4) is 0 Å². The van der Waals surface area contributed by atoms with Gasteiger partial charge in [0.05, 0.1) is 0 Å². The third-order valence-corrected chi connectivity index (χ3v) is 10.3. The summed E-state index contributed by atoms with van der Waals surface area (Å²) in [6.45, 7) is 11.1. The van der Waals surface area contributed by atoms with Crippen LogP contribution in [0.5, 0.6) is 0 Å². The van der Waals surface area contributed by atoms with Crippen molar-refractivity contribution in [2.45, 2.75) is 83.3 Å². The second-order valence-electron chi connectivity index (χ2n) is 13.6. The van der Waals surface area contributed by atoms with Crippen LogP contribution in [0.4, 0.5) is 0 Å². The number of carbonyl (C=O) groups excluding carboxylic acids is 1. The lowest BCUT2D eigenvalue weighted by atomic mass is 9.67. The molecule has 0 unspecified atom stereocenters. The van der Waals surface area contributed by atoms with Crippen molar-refractivity contribution < 1.29 is 4.79 Å². The number of fused-ring (bicyclic) bond motifs is 3. The maximum atomic E-state index is 13.9. The Morgan fingerprint density at radius 2 is 1.74 bits per heavy atom. The minimum absolute atomic E-state index is 0.167. The monoisotopic (exact) mass is 521 g/mol. The number of carbonyl (C=O) groups is 1. The SMILES string of the molecule is CC(C)(C)c1ccc(Cn2ccc3c(/C=C4\CC[C@@H]5[C@H]6CCCN7CCC[C@@H](CN5C4=O)[C@@H]67)cccc32)cc1. The Morgan fingerprint density at radius 1 is 0.949 bits per heavy atom. The first-order valence-corrected chi connectivity index (χ1v) is 15.3. The minimum atomic E-state index is 0.167. The van der Waals surface area contributed by atoms with Gasteiger partial charge < -0.3 is 9.47 Å². The molecular weight excluding hydrogens is 478 g/mol. The van der Waals surface area contributed by atoms with Crippen molar-refractivity contribution in [3.05, 3.63) is 77.0 Å². The van der Waals surface area contributed by atoms with Crippen LogP contribution in [0.2, 0.25) is 0 Å². The first-order chi connectivity index (χ1) is 18.9. The van der Waals surface area contributed by atoms with Gasteiger partial charge in [-0.15, -0.1) is 0 Å². The number of benzene rings is 2. The van der Waals surface area contributed by atoms with Crippen LogP contribution in [-0.4, -0.2) is 52.0 Å². The number of hydrogen-bond donors (Lipinski definition) is 0. The van der Waals surface area contributed by atoms with E-state index >= 15 is 0 Å². The highest BCUT2D eigenvalue weighted by molar-refractivity contribution is 6.01. The van der Waals surface area contributed by atoms with Crippen LogP contribution in [0.25, 0.3) is 17.0 Å². The summed E-state index contributed by atoms with van der Waals surface area (Å²) in [4.78, 5) is 19.0. The van der Waals surface area contributed by atoms with Gasteiger partial charge in [-0.3, -0.25) is 9.69 Å². The van der Waals surface area contributed by atoms with Gasteiger partial charge in [0.1, 0.15) is 0 Å². The molecule has 4 nitrogen and oxygen atoms in total. The lowest BCUT2D eigenvalue weighted by Crippen LogP contribution is -2.66. The topological polar surface area (TPSA) is 28.5 Å². The number of rotatable bonds is 3. The van der Waals surface area contributed by atoms with Gasteiger partial charge in [-0.25, -0.2) is 0 Å². The predicted molar refractivity (Wildman–Crippen MR) is 160 cm³/mol. The molecule has 2 aromatic carbocycles. The van der Waals surface area contributed by atoms with Gasteiger partial charge in [0, 0.05) is 47.8 Å². The van der Waals surface area contributed by atoms with Crippen molar-refractivity contribution >= 4 is 22.9 Å². The first-order valence-electron chi connectivity index (χ1n) is 15.3. The third-order valence-electron chi connectivity index (χ3n) is 10.3. The van der Waals surface area contributed by atoms with E-state index in [-0.39, 0.29) is 5.41 Å². The predicted octanol–water partition coefficient (Wildman–Crippen LogP) is 6.87. The highest BCUT2D eigenvalue weighted by atomic mass is 16.2. The van der Waals surface area contributed by atoms with Gasteiger partial charge in [0.25, 0.3) is 0 Å². The molecule has 0 spiro atoms. The molecule has 204 valence electrons. The van der Waals surface area contributed by atoms with Crippen molar-refractivity contribution in [2.75, 3.05) is 19.6 Å². The number of amides is 1. The normalized spacial score (nSPS) is 28.5. The maximum absolute atomic E-state index is 13.9. The highest BCUT2D eigenvalue weighted by Crippen LogP contribution is 2.45. The molecule has 7 rings (SSSR count). The third kappa shape index (κ3) is 4.45. The van der Waals surface area contributed by atoms with Crippen LogP contribution in [0, 0.1) is 11.8 Å². The van der Waals surface area contributed by atoms with Gasteiger partial charge >= 0.3 is 0 Å². The van der Waals surface area contributed by atoms with Crippen molar-refractivity contribution in [3.63, 3.8) is 0 Å². The van der Waals surface area contributed by atoms with E-state index in [1.165, 1.54) is 66.4 Å². The van der Waals surface area contributed by atoms with Crippen LogP contribution in [-0.2, 0) is 16.8 Å². The number of nitrogens with zero attached hydrogens (tertiary/aromatic N) is 3. The molecule has 1 amide bonds. The fourth-order valence-corrected chi connectivity index (χ4v) is 8.33. The average Bonchev–Trinajstić information content (AvgIpc) is 3.34. The molecule has 4 saturated heterocycles. The molecule has 0 saturated carbocycles. The molecule has 5 heterocycles. The van der Waals surface area contributed by atoms with Crippen LogP contribution >= 0.6 is 0 Å². The molecule has 4 atom stereocenters. The van der Waals surface area contributed by atoms with E-state index in [0.717, 1.165) is 37.5 Å². The molecule has 4 aliphatic rings. The summed E-state index contributed by atoms with van der Waals surface area (Å²) in [5.41, 5.74) is 6.26. The molecule has 0 bridgehead atoms. The average molecular weight is 522 g/mol. The largest absolute Gasteiger partial charge is 0.343 e. The van der Waals surface area contributed by atoms with Gasteiger partial charge in [-0.1, -0.05) is 57.2 Å². The van der Waals surface area contributed by atoms with E-state index in [1.807, 2.05) is 0 Å². The van der Waals surface area contributed by atoms with E-state index in [4.69, 9.17) is 0 Å². The second-order valence-corrected chi connectivity index (χ2v) is 13.6. The standard InChI is InChI=1S/C35H43N3O/c1-35(2,3)28-14-11-24(12-15-28)22-37-20-17-29-25(7-4-10-31(29)37)21-26-13-16-32-30-9-6-19-36-18-5-8-27(33(30)36)23-38(32)34(26)39/h4,7,10-12,14-15,17,20-21,27,30,32-33H,5-6,8-9,13,16,18-19,22-23H2,1-3H3/b26-21+/t27-,30+,32+,33-/m0/s1. The molecule has 0 radical (unpaired) electrons. The Balaban J connectivity index is 1.13. The Bertz CT molecular complexity index is 1410. The van der Waals surface area contributed by atoms with Gasteiger partial charge in [0.2, 0.25) is 5.91 Å². The Labute approximate surface area is 233 Å². The van der Waals surface area contributed by atoms with E-state index < -0.39 is 0 Å². The fraction of sp³-hybridized carbons (Fsp3) is 0.514. The summed E-state index contributed by atoms with van der Waals surface area (Å²) in [7, 11) is 0. The maximum Gasteiger partial charge on any atom is 0.250 e. The fourth-order valence-electron chi connectivity index (χ4n) is 8.33. The van der Waals surface area contributed by atoms with E-state index in [1.54, 1.807) is 0 Å². The summed E-state index contributed by atoms with van der Waals surface area (Å²) < 4.78 is 2.34. The van der Waals surface area contributed by atoms with Crippen LogP contribution in [0.1, 0.15) is 76.0 Å². The zero-order valence-electron chi connectivity index (χ0n) is 23.9. The minimum Gasteiger partial charge on any atom is -0.343 e. The second kappa shape index (κ2) is 9.66. The van der Waals surface area contributed by atoms with Crippen molar-refractivity contribution in [1.82, 2.24) is 14.4 Å². The van der Waals surface area contributed by atoms with Crippen LogP contribution < -0.4 is 0 Å². The zero-order chi connectivity index (χ0) is 26.7. The summed E-state index contributed by atoms with van der Waals surface area (Å²) in [6.07, 6.45) is 11.6. The van der Waals surface area contributed by atoms with Gasteiger partial charge in [-0.05, 0) is 104 Å². The summed E-state index contributed by atoms with van der Waals surface area (Å²) in [6, 6.07) is 19.0. The molecule has 39 heavy (non-hydrogen) atoms. The lowest BCUT2D eigenvalue weighted by molar-refractivity contribution is -0.145. The van der Waals surface area contributed by atoms with Gasteiger partial charge in [-0.2, -0.15) is 0 Å². The lowest BCUT2D eigenvalue weighted by Gasteiger charge is -2.58. The first kappa shape index (κ1) is 25.1. The molecule has 1 aromatic heterocycles. The summed E-state index contributed by atoms with van der Waals surface area (Å²) >= 11 is 0. The molecule has 4 heteroatoms. The van der Waals surface area contributed by atoms with Crippen molar-refractivity contribution in [3.8, 4) is 0 Å². The molecular formula is C35H43N3O. The Kier molecular flexibility index (Phi) is 6.23. The molecule has 4 fully saturated rings. The Hall–Kier alpha value is -2.85. The van der Waals surface area contributed by atoms with Crippen LogP contribution in [0.15, 0.2) is 60.3 Å². The Morgan fingerprint density at radius 3 is 2.54 bits per heavy atom.